The first-order valence-corrected chi connectivity index (χ1v) is 22.5. The van der Waals surface area contributed by atoms with E-state index in [4.69, 9.17) is 9.47 Å². The summed E-state index contributed by atoms with van der Waals surface area (Å²) in [7, 11) is 0. The Morgan fingerprint density at radius 3 is 1.02 bits per heavy atom. The fourth-order valence-electron chi connectivity index (χ4n) is 8.79. The first-order chi connectivity index (χ1) is 32.4. The minimum atomic E-state index is -0.510. The third-order valence-electron chi connectivity index (χ3n) is 12.4. The molecule has 66 heavy (non-hydrogen) atoms. The molecule has 0 spiro atoms. The molecule has 0 aliphatic carbocycles. The molecule has 0 aliphatic rings. The second-order valence-electron chi connectivity index (χ2n) is 16.5. The van der Waals surface area contributed by atoms with Gasteiger partial charge in [-0.1, -0.05) is 196 Å². The van der Waals surface area contributed by atoms with E-state index in [0.29, 0.717) is 33.8 Å². The van der Waals surface area contributed by atoms with Crippen LogP contribution in [0.5, 0.6) is 11.5 Å². The molecule has 10 aromatic carbocycles. The molecule has 0 atom stereocenters. The number of hydrogen-bond acceptors (Lipinski definition) is 4. The lowest BCUT2D eigenvalue weighted by atomic mass is 9.84. The number of hydrogen-bond donors (Lipinski definition) is 0. The number of benzene rings is 10. The van der Waals surface area contributed by atoms with Crippen molar-refractivity contribution in [3.05, 3.63) is 241 Å². The summed E-state index contributed by atoms with van der Waals surface area (Å²) in [5.41, 5.74) is 12.2. The van der Waals surface area contributed by atoms with Crippen molar-refractivity contribution in [1.29, 1.82) is 0 Å². The van der Waals surface area contributed by atoms with Crippen molar-refractivity contribution in [1.82, 2.24) is 0 Å². The third-order valence-corrected chi connectivity index (χ3v) is 12.4. The molecule has 0 N–H and O–H groups in total. The van der Waals surface area contributed by atoms with Gasteiger partial charge in [0.1, 0.15) is 11.5 Å². The zero-order valence-corrected chi connectivity index (χ0v) is 36.8. The van der Waals surface area contributed by atoms with Crippen molar-refractivity contribution in [3.8, 4) is 67.1 Å². The summed E-state index contributed by atoms with van der Waals surface area (Å²) < 4.78 is 13.6. The van der Waals surface area contributed by atoms with E-state index in [9.17, 15) is 9.59 Å². The highest BCUT2D eigenvalue weighted by Gasteiger charge is 2.29. The van der Waals surface area contributed by atoms with Crippen LogP contribution in [-0.2, 0) is 12.8 Å². The Bertz CT molecular complexity index is 3130. The van der Waals surface area contributed by atoms with Crippen LogP contribution in [0.4, 0.5) is 0 Å². The van der Waals surface area contributed by atoms with Crippen LogP contribution >= 0.6 is 0 Å². The average molecular weight is 855 g/mol. The molecule has 0 unspecified atom stereocenters. The van der Waals surface area contributed by atoms with E-state index in [1.807, 2.05) is 133 Å². The van der Waals surface area contributed by atoms with Gasteiger partial charge in [0, 0.05) is 21.9 Å². The first-order valence-electron chi connectivity index (χ1n) is 22.5. The standard InChI is InChI=1S/C62H46O4/c1-3-41-23-27-43(28-24-41)45-31-35-49(36-32-45)61(63)65-59-53-21-13-11-19-51(53)39-55(47-15-7-5-8-16-47)57(59)58-56(48-17-9-6-10-18-48)40-52-20-12-14-22-54(52)60(58)66-62(64)50-37-33-46(34-38-50)44-29-25-42(4-2)26-30-44/h5-40H,3-4H2,1-2H3. The Morgan fingerprint density at radius 1 is 0.348 bits per heavy atom. The maximum atomic E-state index is 14.7. The van der Waals surface area contributed by atoms with Crippen molar-refractivity contribution >= 4 is 33.5 Å². The molecule has 4 heteroatoms. The highest BCUT2D eigenvalue weighted by molar-refractivity contribution is 6.13. The molecule has 10 aromatic rings. The molecule has 0 radical (unpaired) electrons. The van der Waals surface area contributed by atoms with Gasteiger partial charge in [-0.15, -0.1) is 0 Å². The van der Waals surface area contributed by atoms with Gasteiger partial charge >= 0.3 is 11.9 Å². The summed E-state index contributed by atoms with van der Waals surface area (Å²) in [6.07, 6.45) is 1.93. The third kappa shape index (κ3) is 8.29. The van der Waals surface area contributed by atoms with E-state index in [0.717, 1.165) is 78.9 Å². The predicted molar refractivity (Wildman–Crippen MR) is 270 cm³/mol. The molecule has 318 valence electrons. The van der Waals surface area contributed by atoms with Crippen LogP contribution < -0.4 is 9.47 Å². The van der Waals surface area contributed by atoms with Crippen LogP contribution in [-0.4, -0.2) is 11.9 Å². The summed E-state index contributed by atoms with van der Waals surface area (Å²) in [5.74, 6) is -0.298. The Hall–Kier alpha value is -8.34. The van der Waals surface area contributed by atoms with Gasteiger partial charge in [0.15, 0.2) is 0 Å². The Morgan fingerprint density at radius 2 is 0.667 bits per heavy atom. The fraction of sp³-hybridized carbons (Fsp3) is 0.0645. The van der Waals surface area contributed by atoms with Crippen LogP contribution in [0.3, 0.4) is 0 Å². The van der Waals surface area contributed by atoms with Gasteiger partial charge in [-0.25, -0.2) is 9.59 Å². The maximum Gasteiger partial charge on any atom is 0.343 e. The normalized spacial score (nSPS) is 11.1. The van der Waals surface area contributed by atoms with Crippen molar-refractivity contribution in [2.45, 2.75) is 26.7 Å². The Kier molecular flexibility index (Phi) is 11.6. The molecule has 0 saturated carbocycles. The minimum absolute atomic E-state index is 0.361. The second kappa shape index (κ2) is 18.4. The van der Waals surface area contributed by atoms with Crippen LogP contribution in [0.15, 0.2) is 218 Å². The van der Waals surface area contributed by atoms with Gasteiger partial charge < -0.3 is 9.47 Å². The van der Waals surface area contributed by atoms with Crippen molar-refractivity contribution in [3.63, 3.8) is 0 Å². The van der Waals surface area contributed by atoms with Gasteiger partial charge in [-0.2, -0.15) is 0 Å². The quantitative estimate of drug-likeness (QED) is 0.0961. The second-order valence-corrected chi connectivity index (χ2v) is 16.5. The monoisotopic (exact) mass is 854 g/mol. The molecular weight excluding hydrogens is 809 g/mol. The molecular formula is C62H46O4. The van der Waals surface area contributed by atoms with Crippen LogP contribution in [0, 0.1) is 0 Å². The van der Waals surface area contributed by atoms with Crippen molar-refractivity contribution < 1.29 is 19.1 Å². The van der Waals surface area contributed by atoms with Crippen molar-refractivity contribution in [2.75, 3.05) is 0 Å². The molecule has 0 aromatic heterocycles. The van der Waals surface area contributed by atoms with Crippen LogP contribution in [0.2, 0.25) is 0 Å². The highest BCUT2D eigenvalue weighted by atomic mass is 16.5. The number of fused-ring (bicyclic) bond motifs is 2. The average Bonchev–Trinajstić information content (AvgIpc) is 3.39. The molecule has 0 saturated heterocycles. The number of carbonyl (C=O) groups excluding carboxylic acids is 2. The zero-order chi connectivity index (χ0) is 45.0. The van der Waals surface area contributed by atoms with Gasteiger partial charge in [0.2, 0.25) is 0 Å². The topological polar surface area (TPSA) is 52.6 Å². The fourth-order valence-corrected chi connectivity index (χ4v) is 8.79. The predicted octanol–water partition coefficient (Wildman–Crippen LogP) is 15.9. The number of carbonyl (C=O) groups is 2. The molecule has 0 fully saturated rings. The summed E-state index contributed by atoms with van der Waals surface area (Å²) in [5, 5.41) is 3.25. The Balaban J connectivity index is 1.18. The van der Waals surface area contributed by atoms with Crippen LogP contribution in [0.1, 0.15) is 45.7 Å². The van der Waals surface area contributed by atoms with Crippen molar-refractivity contribution in [2.24, 2.45) is 0 Å². The summed E-state index contributed by atoms with van der Waals surface area (Å²) >= 11 is 0. The van der Waals surface area contributed by atoms with Crippen LogP contribution in [0.25, 0.3) is 77.2 Å². The summed E-state index contributed by atoms with van der Waals surface area (Å²) in [4.78, 5) is 29.4. The van der Waals surface area contributed by atoms with Gasteiger partial charge in [0.25, 0.3) is 0 Å². The van der Waals surface area contributed by atoms with E-state index >= 15 is 0 Å². The zero-order valence-electron chi connectivity index (χ0n) is 36.8. The molecule has 4 nitrogen and oxygen atoms in total. The molecule has 0 amide bonds. The lowest BCUT2D eigenvalue weighted by Gasteiger charge is -2.24. The molecule has 0 bridgehead atoms. The molecule has 0 aliphatic heterocycles. The van der Waals surface area contributed by atoms with E-state index < -0.39 is 11.9 Å². The van der Waals surface area contributed by atoms with E-state index in [1.54, 1.807) is 0 Å². The number of aryl methyl sites for hydroxylation is 2. The number of ether oxygens (including phenoxy) is 2. The van der Waals surface area contributed by atoms with Gasteiger partial charge in [0.05, 0.1) is 11.1 Å². The van der Waals surface area contributed by atoms with E-state index in [2.05, 4.69) is 98.8 Å². The number of rotatable bonds is 11. The molecule has 10 rings (SSSR count). The Labute approximate surface area is 385 Å². The maximum absolute atomic E-state index is 14.7. The van der Waals surface area contributed by atoms with Gasteiger partial charge in [-0.05, 0) is 116 Å². The highest BCUT2D eigenvalue weighted by Crippen LogP contribution is 2.53. The van der Waals surface area contributed by atoms with Gasteiger partial charge in [-0.3, -0.25) is 0 Å². The summed E-state index contributed by atoms with van der Waals surface area (Å²) in [6, 6.07) is 72.4. The summed E-state index contributed by atoms with van der Waals surface area (Å²) in [6.45, 7) is 4.28. The smallest absolute Gasteiger partial charge is 0.343 e. The number of esters is 2. The lowest BCUT2D eigenvalue weighted by molar-refractivity contribution is 0.0725. The SMILES string of the molecule is CCc1ccc(-c2ccc(C(=O)Oc3c(-c4c(-c5ccccc5)cc5ccccc5c4OC(=O)c4ccc(-c5ccc(CC)cc5)cc4)c(-c4ccccc4)cc4ccccc34)cc2)cc1. The first kappa shape index (κ1) is 41.7. The van der Waals surface area contributed by atoms with E-state index in [-0.39, 0.29) is 0 Å². The minimum Gasteiger partial charge on any atom is -0.422 e. The van der Waals surface area contributed by atoms with E-state index in [1.165, 1.54) is 11.1 Å². The lowest BCUT2D eigenvalue weighted by Crippen LogP contribution is -2.12. The largest absolute Gasteiger partial charge is 0.422 e. The molecule has 0 heterocycles.